The smallest absolute Gasteiger partial charge is 0.360 e. The maximum Gasteiger partial charge on any atom is 0.360 e. The number of benzene rings is 1. The van der Waals surface area contributed by atoms with Crippen molar-refractivity contribution in [1.29, 1.82) is 0 Å². The molecule has 2 aromatic heterocycles. The molecule has 3 aromatic rings. The summed E-state index contributed by atoms with van der Waals surface area (Å²) in [5.74, 6) is -1.19. The van der Waals surface area contributed by atoms with Crippen molar-refractivity contribution in [3.63, 3.8) is 0 Å². The SMILES string of the molecule is CCCCOC(=O)c1nc(-c2ccc(F)cc2)c2sccc2c1O. The van der Waals surface area contributed by atoms with Gasteiger partial charge in [0.1, 0.15) is 5.82 Å². The molecule has 0 aliphatic rings. The first-order valence-electron chi connectivity index (χ1n) is 7.65. The molecule has 124 valence electrons. The zero-order chi connectivity index (χ0) is 17.1. The average molecular weight is 345 g/mol. The van der Waals surface area contributed by atoms with Gasteiger partial charge in [-0.15, -0.1) is 11.3 Å². The number of fused-ring (bicyclic) bond motifs is 1. The standard InChI is InChI=1S/C18H16FNO3S/c1-2-3-9-23-18(22)15-16(21)13-8-10-24-17(13)14(20-15)11-4-6-12(19)7-5-11/h4-8,10,21H,2-3,9H2,1H3. The number of rotatable bonds is 5. The highest BCUT2D eigenvalue weighted by atomic mass is 32.1. The van der Waals surface area contributed by atoms with Gasteiger partial charge in [-0.2, -0.15) is 0 Å². The van der Waals surface area contributed by atoms with Crippen LogP contribution in [0.15, 0.2) is 35.7 Å². The fourth-order valence-corrected chi connectivity index (χ4v) is 3.25. The van der Waals surface area contributed by atoms with E-state index < -0.39 is 5.97 Å². The van der Waals surface area contributed by atoms with E-state index in [4.69, 9.17) is 4.74 Å². The van der Waals surface area contributed by atoms with Crippen LogP contribution in [0.1, 0.15) is 30.3 Å². The molecule has 0 saturated carbocycles. The fraction of sp³-hybridized carbons (Fsp3) is 0.222. The summed E-state index contributed by atoms with van der Waals surface area (Å²) in [6, 6.07) is 7.60. The van der Waals surface area contributed by atoms with Gasteiger partial charge in [0.05, 0.1) is 17.0 Å². The van der Waals surface area contributed by atoms with Crippen molar-refractivity contribution < 1.29 is 19.0 Å². The Hall–Kier alpha value is -2.47. The minimum Gasteiger partial charge on any atom is -0.505 e. The molecule has 24 heavy (non-hydrogen) atoms. The van der Waals surface area contributed by atoms with Crippen molar-refractivity contribution in [2.45, 2.75) is 19.8 Å². The molecule has 4 nitrogen and oxygen atoms in total. The summed E-state index contributed by atoms with van der Waals surface area (Å²) in [6.07, 6.45) is 1.65. The van der Waals surface area contributed by atoms with Crippen LogP contribution in [0.2, 0.25) is 0 Å². The van der Waals surface area contributed by atoms with Crippen LogP contribution >= 0.6 is 11.3 Å². The Labute approximate surface area is 142 Å². The number of unbranched alkanes of at least 4 members (excludes halogenated alkanes) is 1. The first-order chi connectivity index (χ1) is 11.6. The van der Waals surface area contributed by atoms with Crippen molar-refractivity contribution in [2.75, 3.05) is 6.61 Å². The van der Waals surface area contributed by atoms with Crippen LogP contribution in [0.25, 0.3) is 21.3 Å². The largest absolute Gasteiger partial charge is 0.505 e. The summed E-state index contributed by atoms with van der Waals surface area (Å²) in [5.41, 5.74) is 1.09. The highest BCUT2D eigenvalue weighted by Crippen LogP contribution is 2.38. The molecule has 0 aliphatic heterocycles. The number of pyridine rings is 1. The number of carbonyl (C=O) groups excluding carboxylic acids is 1. The topological polar surface area (TPSA) is 59.4 Å². The van der Waals surface area contributed by atoms with Crippen LogP contribution in [0.5, 0.6) is 5.75 Å². The van der Waals surface area contributed by atoms with Crippen molar-refractivity contribution in [3.8, 4) is 17.0 Å². The van der Waals surface area contributed by atoms with E-state index >= 15 is 0 Å². The molecule has 0 spiro atoms. The lowest BCUT2D eigenvalue weighted by atomic mass is 10.1. The number of hydrogen-bond donors (Lipinski definition) is 1. The molecular weight excluding hydrogens is 329 g/mol. The highest BCUT2D eigenvalue weighted by molar-refractivity contribution is 7.17. The van der Waals surface area contributed by atoms with Gasteiger partial charge in [0.25, 0.3) is 0 Å². The van der Waals surface area contributed by atoms with Gasteiger partial charge in [-0.05, 0) is 42.1 Å². The molecule has 0 radical (unpaired) electrons. The number of hydrogen-bond acceptors (Lipinski definition) is 5. The number of carbonyl (C=O) groups is 1. The molecule has 0 atom stereocenters. The predicted molar refractivity (Wildman–Crippen MR) is 91.9 cm³/mol. The highest BCUT2D eigenvalue weighted by Gasteiger charge is 2.21. The van der Waals surface area contributed by atoms with Gasteiger partial charge >= 0.3 is 5.97 Å². The molecule has 0 unspecified atom stereocenters. The molecule has 0 bridgehead atoms. The number of aromatic hydroxyl groups is 1. The zero-order valence-electron chi connectivity index (χ0n) is 13.1. The van der Waals surface area contributed by atoms with Crippen LogP contribution in [0.3, 0.4) is 0 Å². The summed E-state index contributed by atoms with van der Waals surface area (Å²) in [4.78, 5) is 16.6. The van der Waals surface area contributed by atoms with E-state index in [1.54, 1.807) is 18.2 Å². The zero-order valence-corrected chi connectivity index (χ0v) is 13.9. The van der Waals surface area contributed by atoms with Crippen LogP contribution in [-0.2, 0) is 4.74 Å². The second kappa shape index (κ2) is 6.97. The molecule has 0 fully saturated rings. The quantitative estimate of drug-likeness (QED) is 0.535. The number of aromatic nitrogens is 1. The third kappa shape index (κ3) is 3.10. The van der Waals surface area contributed by atoms with Gasteiger partial charge in [0.2, 0.25) is 0 Å². The van der Waals surface area contributed by atoms with E-state index in [1.165, 1.54) is 23.5 Å². The van der Waals surface area contributed by atoms with Crippen LogP contribution in [0, 0.1) is 5.82 Å². The van der Waals surface area contributed by atoms with E-state index in [1.807, 2.05) is 12.3 Å². The lowest BCUT2D eigenvalue weighted by Gasteiger charge is -2.10. The normalized spacial score (nSPS) is 10.9. The first kappa shape index (κ1) is 16.4. The van der Waals surface area contributed by atoms with E-state index in [2.05, 4.69) is 4.98 Å². The molecule has 0 amide bonds. The number of thiophene rings is 1. The number of esters is 1. The summed E-state index contributed by atoms with van der Waals surface area (Å²) in [7, 11) is 0. The summed E-state index contributed by atoms with van der Waals surface area (Å²) >= 11 is 1.40. The monoisotopic (exact) mass is 345 g/mol. The Bertz CT molecular complexity index is 874. The molecule has 2 heterocycles. The van der Waals surface area contributed by atoms with Crippen LogP contribution in [-0.4, -0.2) is 22.7 Å². The molecule has 1 aromatic carbocycles. The molecule has 6 heteroatoms. The van der Waals surface area contributed by atoms with Gasteiger partial charge < -0.3 is 9.84 Å². The minimum absolute atomic E-state index is 0.115. The molecular formula is C18H16FNO3S. The van der Waals surface area contributed by atoms with Crippen molar-refractivity contribution in [1.82, 2.24) is 4.98 Å². The Balaban J connectivity index is 2.09. The Morgan fingerprint density at radius 3 is 2.75 bits per heavy atom. The number of halogens is 1. The molecule has 0 aliphatic carbocycles. The summed E-state index contributed by atoms with van der Waals surface area (Å²) < 4.78 is 19.1. The van der Waals surface area contributed by atoms with Gasteiger partial charge in [0, 0.05) is 10.9 Å². The third-order valence-corrected chi connectivity index (χ3v) is 4.55. The Morgan fingerprint density at radius 2 is 2.04 bits per heavy atom. The Kier molecular flexibility index (Phi) is 4.76. The van der Waals surface area contributed by atoms with Crippen molar-refractivity contribution in [2.24, 2.45) is 0 Å². The Morgan fingerprint density at radius 1 is 1.29 bits per heavy atom. The van der Waals surface area contributed by atoms with Gasteiger partial charge in [-0.1, -0.05) is 13.3 Å². The fourth-order valence-electron chi connectivity index (χ4n) is 2.35. The maximum atomic E-state index is 13.2. The average Bonchev–Trinajstić information content (AvgIpc) is 3.07. The second-order valence-electron chi connectivity index (χ2n) is 5.32. The van der Waals surface area contributed by atoms with Crippen LogP contribution < -0.4 is 0 Å². The summed E-state index contributed by atoms with van der Waals surface area (Å²) in [5, 5.41) is 12.7. The van der Waals surface area contributed by atoms with E-state index in [0.717, 1.165) is 17.5 Å². The molecule has 0 saturated heterocycles. The minimum atomic E-state index is -0.655. The van der Waals surface area contributed by atoms with E-state index in [9.17, 15) is 14.3 Å². The van der Waals surface area contributed by atoms with Gasteiger partial charge in [0.15, 0.2) is 11.4 Å². The van der Waals surface area contributed by atoms with Gasteiger partial charge in [-0.3, -0.25) is 0 Å². The third-order valence-electron chi connectivity index (χ3n) is 3.63. The predicted octanol–water partition coefficient (Wildman–Crippen LogP) is 4.76. The lowest BCUT2D eigenvalue weighted by Crippen LogP contribution is -2.09. The van der Waals surface area contributed by atoms with Crippen LogP contribution in [0.4, 0.5) is 4.39 Å². The molecule has 1 N–H and O–H groups in total. The number of ether oxygens (including phenoxy) is 1. The second-order valence-corrected chi connectivity index (χ2v) is 6.23. The van der Waals surface area contributed by atoms with Gasteiger partial charge in [-0.25, -0.2) is 14.2 Å². The van der Waals surface area contributed by atoms with Crippen molar-refractivity contribution >= 4 is 27.4 Å². The van der Waals surface area contributed by atoms with Crippen molar-refractivity contribution in [3.05, 3.63) is 47.2 Å². The van der Waals surface area contributed by atoms with E-state index in [-0.39, 0.29) is 23.9 Å². The first-order valence-corrected chi connectivity index (χ1v) is 8.53. The lowest BCUT2D eigenvalue weighted by molar-refractivity contribution is 0.0490. The van der Waals surface area contributed by atoms with E-state index in [0.29, 0.717) is 16.6 Å². The molecule has 3 rings (SSSR count). The maximum absolute atomic E-state index is 13.2. The number of nitrogens with zero attached hydrogens (tertiary/aromatic N) is 1. The summed E-state index contributed by atoms with van der Waals surface area (Å²) in [6.45, 7) is 2.28.